The van der Waals surface area contributed by atoms with E-state index in [0.717, 1.165) is 35.7 Å². The number of nitrogens with zero attached hydrogens (tertiary/aromatic N) is 4. The highest BCUT2D eigenvalue weighted by Gasteiger charge is 2.16. The van der Waals surface area contributed by atoms with E-state index in [-0.39, 0.29) is 5.69 Å². The first-order valence-corrected chi connectivity index (χ1v) is 7.97. The molecule has 7 nitrogen and oxygen atoms in total. The Balaban J connectivity index is 2.08. The number of hydrogen-bond donors (Lipinski definition) is 0. The molecule has 0 N–H and O–H groups in total. The van der Waals surface area contributed by atoms with Crippen molar-refractivity contribution >= 4 is 5.69 Å². The van der Waals surface area contributed by atoms with E-state index in [2.05, 4.69) is 17.1 Å². The Hall–Kier alpha value is -3.22. The summed E-state index contributed by atoms with van der Waals surface area (Å²) in [6, 6.07) is 14.0. The van der Waals surface area contributed by atoms with Crippen LogP contribution in [0.15, 0.2) is 48.5 Å². The average molecular weight is 338 g/mol. The lowest BCUT2D eigenvalue weighted by Crippen LogP contribution is -2.03. The van der Waals surface area contributed by atoms with Crippen LogP contribution < -0.4 is 4.74 Å². The van der Waals surface area contributed by atoms with Gasteiger partial charge in [0.15, 0.2) is 5.82 Å². The summed E-state index contributed by atoms with van der Waals surface area (Å²) in [7, 11) is 1.62. The van der Waals surface area contributed by atoms with Gasteiger partial charge in [0.05, 0.1) is 12.0 Å². The molecule has 0 aliphatic carbocycles. The van der Waals surface area contributed by atoms with E-state index in [9.17, 15) is 10.1 Å². The Morgan fingerprint density at radius 1 is 1.08 bits per heavy atom. The molecular weight excluding hydrogens is 320 g/mol. The number of methoxy groups -OCH3 is 1. The Morgan fingerprint density at radius 2 is 1.76 bits per heavy atom. The zero-order valence-corrected chi connectivity index (χ0v) is 14.0. The number of benzene rings is 2. The number of nitro groups is 1. The number of aromatic nitrogens is 3. The monoisotopic (exact) mass is 338 g/mol. The van der Waals surface area contributed by atoms with Gasteiger partial charge in [-0.15, -0.1) is 10.2 Å². The minimum absolute atomic E-state index is 0.0491. The zero-order valence-electron chi connectivity index (χ0n) is 14.0. The normalized spacial score (nSPS) is 10.6. The zero-order chi connectivity index (χ0) is 17.8. The number of nitro benzene ring substituents is 1. The Labute approximate surface area is 145 Å². The molecule has 0 fully saturated rings. The van der Waals surface area contributed by atoms with Gasteiger partial charge in [-0.25, -0.2) is 0 Å². The van der Waals surface area contributed by atoms with Crippen molar-refractivity contribution in [2.45, 2.75) is 19.8 Å². The molecule has 0 aliphatic heterocycles. The second-order valence-corrected chi connectivity index (χ2v) is 5.53. The number of rotatable bonds is 6. The molecule has 0 spiro atoms. The van der Waals surface area contributed by atoms with E-state index in [0.29, 0.717) is 5.82 Å². The van der Waals surface area contributed by atoms with Crippen molar-refractivity contribution in [2.24, 2.45) is 0 Å². The molecule has 25 heavy (non-hydrogen) atoms. The van der Waals surface area contributed by atoms with Crippen molar-refractivity contribution < 1.29 is 9.66 Å². The van der Waals surface area contributed by atoms with E-state index in [1.165, 1.54) is 12.1 Å². The molecular formula is C18H18N4O3. The van der Waals surface area contributed by atoms with Crippen molar-refractivity contribution in [1.29, 1.82) is 0 Å². The lowest BCUT2D eigenvalue weighted by Gasteiger charge is -2.11. The second-order valence-electron chi connectivity index (χ2n) is 5.53. The van der Waals surface area contributed by atoms with Crippen LogP contribution in [0, 0.1) is 10.1 Å². The number of ether oxygens (including phenoxy) is 1. The predicted octanol–water partition coefficient (Wildman–Crippen LogP) is 3.80. The Bertz CT molecular complexity index is 870. The minimum Gasteiger partial charge on any atom is -0.497 e. The highest BCUT2D eigenvalue weighted by atomic mass is 16.6. The first-order chi connectivity index (χ1) is 12.1. The third kappa shape index (κ3) is 3.35. The minimum atomic E-state index is -0.416. The molecule has 0 aliphatic rings. The van der Waals surface area contributed by atoms with E-state index in [4.69, 9.17) is 4.74 Å². The van der Waals surface area contributed by atoms with Gasteiger partial charge in [0, 0.05) is 29.8 Å². The third-order valence-electron chi connectivity index (χ3n) is 3.87. The second kappa shape index (κ2) is 7.12. The summed E-state index contributed by atoms with van der Waals surface area (Å²) >= 11 is 0. The highest BCUT2D eigenvalue weighted by molar-refractivity contribution is 5.60. The maximum Gasteiger partial charge on any atom is 0.269 e. The number of non-ortho nitro benzene ring substituents is 1. The van der Waals surface area contributed by atoms with Gasteiger partial charge in [-0.1, -0.05) is 6.92 Å². The molecule has 1 heterocycles. The maximum absolute atomic E-state index is 10.8. The van der Waals surface area contributed by atoms with Crippen LogP contribution in [0.5, 0.6) is 5.75 Å². The number of aryl methyl sites for hydroxylation is 1. The first kappa shape index (κ1) is 16.6. The van der Waals surface area contributed by atoms with Crippen LogP contribution in [0.2, 0.25) is 0 Å². The molecule has 0 unspecified atom stereocenters. The Kier molecular flexibility index (Phi) is 4.74. The van der Waals surface area contributed by atoms with Crippen LogP contribution in [0.1, 0.15) is 19.2 Å². The van der Waals surface area contributed by atoms with Crippen molar-refractivity contribution in [2.75, 3.05) is 7.11 Å². The van der Waals surface area contributed by atoms with Gasteiger partial charge >= 0.3 is 0 Å². The summed E-state index contributed by atoms with van der Waals surface area (Å²) in [6.07, 6.45) is 1.72. The third-order valence-corrected chi connectivity index (χ3v) is 3.87. The number of hydrogen-bond acceptors (Lipinski definition) is 5. The molecule has 3 aromatic rings. The standard InChI is InChI=1S/C18H18N4O3/c1-3-4-17-19-20-18(13-5-7-15(8-6-13)22(23)24)21(17)14-9-11-16(25-2)12-10-14/h5-12H,3-4H2,1-2H3. The quantitative estimate of drug-likeness (QED) is 0.504. The van der Waals surface area contributed by atoms with Crippen LogP contribution in [-0.2, 0) is 6.42 Å². The fourth-order valence-electron chi connectivity index (χ4n) is 2.62. The van der Waals surface area contributed by atoms with Crippen LogP contribution in [0.4, 0.5) is 5.69 Å². The van der Waals surface area contributed by atoms with Gasteiger partial charge in [-0.2, -0.15) is 0 Å². The molecule has 2 aromatic carbocycles. The highest BCUT2D eigenvalue weighted by Crippen LogP contribution is 2.26. The topological polar surface area (TPSA) is 83.1 Å². The van der Waals surface area contributed by atoms with Gasteiger partial charge in [0.25, 0.3) is 5.69 Å². The lowest BCUT2D eigenvalue weighted by atomic mass is 10.2. The van der Waals surface area contributed by atoms with Crippen molar-refractivity contribution in [3.8, 4) is 22.8 Å². The van der Waals surface area contributed by atoms with Crippen LogP contribution in [0.25, 0.3) is 17.1 Å². The summed E-state index contributed by atoms with van der Waals surface area (Å²) in [5, 5.41) is 19.5. The van der Waals surface area contributed by atoms with E-state index in [1.54, 1.807) is 19.2 Å². The fraction of sp³-hybridized carbons (Fsp3) is 0.222. The summed E-state index contributed by atoms with van der Waals surface area (Å²) in [4.78, 5) is 10.4. The molecule has 0 saturated carbocycles. The van der Waals surface area contributed by atoms with Crippen LogP contribution >= 0.6 is 0 Å². The molecule has 0 saturated heterocycles. The van der Waals surface area contributed by atoms with E-state index < -0.39 is 4.92 Å². The SMILES string of the molecule is CCCc1nnc(-c2ccc([N+](=O)[O-])cc2)n1-c1ccc(OC)cc1. The molecule has 0 amide bonds. The van der Waals surface area contributed by atoms with Gasteiger partial charge in [0.1, 0.15) is 11.6 Å². The summed E-state index contributed by atoms with van der Waals surface area (Å²) in [5.41, 5.74) is 1.74. The van der Waals surface area contributed by atoms with Crippen molar-refractivity contribution in [3.63, 3.8) is 0 Å². The van der Waals surface area contributed by atoms with Gasteiger partial charge in [-0.3, -0.25) is 14.7 Å². The van der Waals surface area contributed by atoms with Gasteiger partial charge in [-0.05, 0) is 42.8 Å². The summed E-state index contributed by atoms with van der Waals surface area (Å²) in [5.74, 6) is 2.27. The first-order valence-electron chi connectivity index (χ1n) is 7.97. The van der Waals surface area contributed by atoms with Gasteiger partial charge < -0.3 is 4.74 Å². The summed E-state index contributed by atoms with van der Waals surface area (Å²) < 4.78 is 7.19. The van der Waals surface area contributed by atoms with Crippen molar-refractivity contribution in [1.82, 2.24) is 14.8 Å². The van der Waals surface area contributed by atoms with Crippen LogP contribution in [-0.4, -0.2) is 26.8 Å². The largest absolute Gasteiger partial charge is 0.497 e. The fourth-order valence-corrected chi connectivity index (χ4v) is 2.62. The molecule has 1 aromatic heterocycles. The molecule has 0 atom stereocenters. The Morgan fingerprint density at radius 3 is 2.32 bits per heavy atom. The maximum atomic E-state index is 10.8. The molecule has 0 radical (unpaired) electrons. The lowest BCUT2D eigenvalue weighted by molar-refractivity contribution is -0.384. The molecule has 3 rings (SSSR count). The molecule has 7 heteroatoms. The average Bonchev–Trinajstić information content (AvgIpc) is 3.06. The van der Waals surface area contributed by atoms with Crippen molar-refractivity contribution in [3.05, 3.63) is 64.5 Å². The molecule has 128 valence electrons. The van der Waals surface area contributed by atoms with E-state index in [1.807, 2.05) is 28.8 Å². The summed E-state index contributed by atoms with van der Waals surface area (Å²) in [6.45, 7) is 2.08. The van der Waals surface area contributed by atoms with Crippen LogP contribution in [0.3, 0.4) is 0 Å². The van der Waals surface area contributed by atoms with Gasteiger partial charge in [0.2, 0.25) is 0 Å². The smallest absolute Gasteiger partial charge is 0.269 e. The van der Waals surface area contributed by atoms with E-state index >= 15 is 0 Å². The molecule has 0 bridgehead atoms. The predicted molar refractivity (Wildman–Crippen MR) is 94.0 cm³/mol.